The lowest BCUT2D eigenvalue weighted by Gasteiger charge is -2.16. The molecular formula is C10H19N3O4S. The highest BCUT2D eigenvalue weighted by molar-refractivity contribution is 7.98. The molecule has 8 heteroatoms. The molecule has 0 aliphatic rings. The SMILES string of the molecule is COC(=O)CCNC(=O)C(CCSC)NC(N)=O. The first-order valence-electron chi connectivity index (χ1n) is 5.40. The second kappa shape index (κ2) is 9.58. The van der Waals surface area contributed by atoms with E-state index < -0.39 is 18.0 Å². The average Bonchev–Trinajstić information content (AvgIpc) is 2.33. The van der Waals surface area contributed by atoms with Crippen molar-refractivity contribution >= 4 is 29.7 Å². The first kappa shape index (κ1) is 16.6. The summed E-state index contributed by atoms with van der Waals surface area (Å²) in [6, 6.07) is -1.42. The molecule has 18 heavy (non-hydrogen) atoms. The van der Waals surface area contributed by atoms with Gasteiger partial charge in [0.15, 0.2) is 0 Å². The molecule has 4 N–H and O–H groups in total. The van der Waals surface area contributed by atoms with Crippen molar-refractivity contribution in [3.05, 3.63) is 0 Å². The number of carbonyl (C=O) groups excluding carboxylic acids is 3. The zero-order valence-electron chi connectivity index (χ0n) is 10.5. The molecule has 0 aromatic heterocycles. The van der Waals surface area contributed by atoms with Crippen molar-refractivity contribution < 1.29 is 19.1 Å². The maximum atomic E-state index is 11.7. The Kier molecular flexibility index (Phi) is 8.81. The molecule has 3 amide bonds. The molecule has 0 aliphatic carbocycles. The van der Waals surface area contributed by atoms with Crippen molar-refractivity contribution in [2.75, 3.05) is 25.7 Å². The number of urea groups is 1. The van der Waals surface area contributed by atoms with Gasteiger partial charge in [0.2, 0.25) is 5.91 Å². The van der Waals surface area contributed by atoms with Gasteiger partial charge in [0.1, 0.15) is 6.04 Å². The van der Waals surface area contributed by atoms with Crippen molar-refractivity contribution in [3.63, 3.8) is 0 Å². The van der Waals surface area contributed by atoms with Crippen LogP contribution in [-0.4, -0.2) is 49.6 Å². The van der Waals surface area contributed by atoms with Gasteiger partial charge in [-0.2, -0.15) is 11.8 Å². The number of rotatable bonds is 8. The number of esters is 1. The van der Waals surface area contributed by atoms with Crippen LogP contribution < -0.4 is 16.4 Å². The van der Waals surface area contributed by atoms with Gasteiger partial charge in [0, 0.05) is 6.54 Å². The first-order chi connectivity index (χ1) is 8.51. The minimum atomic E-state index is -0.746. The predicted molar refractivity (Wildman–Crippen MR) is 69.1 cm³/mol. The van der Waals surface area contributed by atoms with Gasteiger partial charge >= 0.3 is 12.0 Å². The van der Waals surface area contributed by atoms with Gasteiger partial charge in [-0.25, -0.2) is 4.79 Å². The van der Waals surface area contributed by atoms with Crippen molar-refractivity contribution in [2.24, 2.45) is 5.73 Å². The summed E-state index contributed by atoms with van der Waals surface area (Å²) < 4.78 is 4.44. The number of methoxy groups -OCH3 is 1. The van der Waals surface area contributed by atoms with E-state index in [-0.39, 0.29) is 18.9 Å². The third-order valence-corrected chi connectivity index (χ3v) is 2.74. The number of hydrogen-bond donors (Lipinski definition) is 3. The summed E-state index contributed by atoms with van der Waals surface area (Å²) >= 11 is 1.56. The lowest BCUT2D eigenvalue weighted by atomic mass is 10.2. The molecule has 0 rings (SSSR count). The number of thioether (sulfide) groups is 1. The lowest BCUT2D eigenvalue weighted by Crippen LogP contribution is -2.49. The van der Waals surface area contributed by atoms with E-state index in [4.69, 9.17) is 5.73 Å². The minimum absolute atomic E-state index is 0.0913. The fourth-order valence-electron chi connectivity index (χ4n) is 1.19. The summed E-state index contributed by atoms with van der Waals surface area (Å²) in [7, 11) is 1.28. The monoisotopic (exact) mass is 277 g/mol. The van der Waals surface area contributed by atoms with Crippen LogP contribution in [0.2, 0.25) is 0 Å². The van der Waals surface area contributed by atoms with Crippen LogP contribution in [0.1, 0.15) is 12.8 Å². The zero-order valence-corrected chi connectivity index (χ0v) is 11.3. The normalized spacial score (nSPS) is 11.4. The number of hydrogen-bond acceptors (Lipinski definition) is 5. The summed E-state index contributed by atoms with van der Waals surface area (Å²) in [6.45, 7) is 0.168. The molecule has 1 unspecified atom stereocenters. The molecule has 0 aliphatic heterocycles. The molecule has 0 saturated carbocycles. The van der Waals surface area contributed by atoms with Crippen LogP contribution in [0.5, 0.6) is 0 Å². The van der Waals surface area contributed by atoms with Gasteiger partial charge in [-0.1, -0.05) is 0 Å². The van der Waals surface area contributed by atoms with Crippen molar-refractivity contribution in [3.8, 4) is 0 Å². The molecular weight excluding hydrogens is 258 g/mol. The van der Waals surface area contributed by atoms with E-state index in [1.54, 1.807) is 11.8 Å². The van der Waals surface area contributed by atoms with Crippen LogP contribution in [0, 0.1) is 0 Å². The van der Waals surface area contributed by atoms with Gasteiger partial charge in [-0.05, 0) is 18.4 Å². The predicted octanol–water partition coefficient (Wildman–Crippen LogP) is -0.544. The highest BCUT2D eigenvalue weighted by atomic mass is 32.2. The summed E-state index contributed by atoms with van der Waals surface area (Å²) in [5, 5.41) is 4.91. The first-order valence-corrected chi connectivity index (χ1v) is 6.80. The Morgan fingerprint density at radius 1 is 1.39 bits per heavy atom. The Morgan fingerprint density at radius 3 is 2.56 bits per heavy atom. The third kappa shape index (κ3) is 7.77. The number of amides is 3. The summed E-state index contributed by atoms with van der Waals surface area (Å²) in [4.78, 5) is 33.3. The number of ether oxygens (including phenoxy) is 1. The largest absolute Gasteiger partial charge is 0.469 e. The van der Waals surface area contributed by atoms with Crippen LogP contribution in [0.15, 0.2) is 0 Å². The zero-order chi connectivity index (χ0) is 14.0. The van der Waals surface area contributed by atoms with Gasteiger partial charge in [0.25, 0.3) is 0 Å². The summed E-state index contributed by atoms with van der Waals surface area (Å²) in [6.07, 6.45) is 2.47. The van der Waals surface area contributed by atoms with E-state index >= 15 is 0 Å². The number of nitrogens with two attached hydrogens (primary N) is 1. The molecule has 0 aromatic rings. The maximum Gasteiger partial charge on any atom is 0.312 e. The van der Waals surface area contributed by atoms with Crippen LogP contribution >= 0.6 is 11.8 Å². The fourth-order valence-corrected chi connectivity index (χ4v) is 1.66. The molecule has 0 fully saturated rings. The molecule has 0 radical (unpaired) electrons. The second-order valence-electron chi connectivity index (χ2n) is 3.46. The number of nitrogens with one attached hydrogen (secondary N) is 2. The lowest BCUT2D eigenvalue weighted by molar-refractivity contribution is -0.140. The van der Waals surface area contributed by atoms with Crippen molar-refractivity contribution in [1.82, 2.24) is 10.6 Å². The molecule has 0 heterocycles. The van der Waals surface area contributed by atoms with E-state index in [2.05, 4.69) is 15.4 Å². The maximum absolute atomic E-state index is 11.7. The van der Waals surface area contributed by atoms with Crippen molar-refractivity contribution in [2.45, 2.75) is 18.9 Å². The van der Waals surface area contributed by atoms with Crippen molar-refractivity contribution in [1.29, 1.82) is 0 Å². The van der Waals surface area contributed by atoms with Gasteiger partial charge in [0.05, 0.1) is 13.5 Å². The van der Waals surface area contributed by atoms with E-state index in [0.29, 0.717) is 6.42 Å². The Bertz CT molecular complexity index is 299. The fraction of sp³-hybridized carbons (Fsp3) is 0.700. The van der Waals surface area contributed by atoms with E-state index in [1.165, 1.54) is 7.11 Å². The third-order valence-electron chi connectivity index (χ3n) is 2.10. The average molecular weight is 277 g/mol. The van der Waals surface area contributed by atoms with Gasteiger partial charge in [-0.15, -0.1) is 0 Å². The Hall–Kier alpha value is -1.44. The highest BCUT2D eigenvalue weighted by Crippen LogP contribution is 2.01. The Balaban J connectivity index is 4.11. The van der Waals surface area contributed by atoms with Gasteiger partial charge < -0.3 is 21.1 Å². The van der Waals surface area contributed by atoms with Crippen LogP contribution in [0.25, 0.3) is 0 Å². The highest BCUT2D eigenvalue weighted by Gasteiger charge is 2.18. The van der Waals surface area contributed by atoms with E-state index in [9.17, 15) is 14.4 Å². The standard InChI is InChI=1S/C10H19N3O4S/c1-17-8(14)3-5-12-9(15)7(4-6-18-2)13-10(11)16/h7H,3-6H2,1-2H3,(H,12,15)(H3,11,13,16). The Labute approximate surface area is 110 Å². The van der Waals surface area contributed by atoms with Crippen LogP contribution in [0.3, 0.4) is 0 Å². The van der Waals surface area contributed by atoms with Crippen LogP contribution in [-0.2, 0) is 14.3 Å². The summed E-state index contributed by atoms with van der Waals surface area (Å²) in [5.74, 6) is -0.0411. The van der Waals surface area contributed by atoms with E-state index in [1.807, 2.05) is 6.26 Å². The summed E-state index contributed by atoms with van der Waals surface area (Å²) in [5.41, 5.74) is 4.99. The van der Waals surface area contributed by atoms with Gasteiger partial charge in [-0.3, -0.25) is 9.59 Å². The molecule has 104 valence electrons. The second-order valence-corrected chi connectivity index (χ2v) is 4.45. The molecule has 7 nitrogen and oxygen atoms in total. The minimum Gasteiger partial charge on any atom is -0.469 e. The molecule has 1 atom stereocenters. The smallest absolute Gasteiger partial charge is 0.312 e. The quantitative estimate of drug-likeness (QED) is 0.516. The number of carbonyl (C=O) groups is 3. The Morgan fingerprint density at radius 2 is 2.06 bits per heavy atom. The molecule has 0 bridgehead atoms. The van der Waals surface area contributed by atoms with Crippen LogP contribution in [0.4, 0.5) is 4.79 Å². The molecule has 0 saturated heterocycles. The topological polar surface area (TPSA) is 111 Å². The van der Waals surface area contributed by atoms with E-state index in [0.717, 1.165) is 5.75 Å². The molecule has 0 spiro atoms. The number of primary amides is 1. The molecule has 0 aromatic carbocycles.